The standard InChI is InChI=1S/C61H76FN11O7/c1-6-44-49(75)21-18-40-31-43(74)32-46(52(40)44)54-53(62)55-47(34-64-54)57(72-35-41-19-20-42(36-72)66-41)69-60(68-55)80-30-10-24-70-26-28-71(29-27-70)51(77)13-8-7-12-50(76)67-56(61(3,4)5)59(79)73-25-9-11-48(73)58(78)65-33-38-14-16-39(17-15-38)45-22-23-63-37(45)2/h14-18,21,23,31-32,34,41-42,48,56,66,74-75H,6-13,19-20,22,24-30,33,35-36H2,1-5H3,(H,65,78)(H,67,76)/t41?,42?,48-,56?/m0/s1. The molecule has 0 spiro atoms. The Bertz CT molecular complexity index is 3200. The van der Waals surface area contributed by atoms with Crippen LogP contribution in [0.1, 0.15) is 116 Å². The molecule has 424 valence electrons. The minimum absolute atomic E-state index is 0.00343. The second-order valence-corrected chi connectivity index (χ2v) is 23.2. The summed E-state index contributed by atoms with van der Waals surface area (Å²) in [6.07, 6.45) is 10.3. The molecule has 5 aliphatic rings. The number of aromatic nitrogens is 3. The van der Waals surface area contributed by atoms with Crippen LogP contribution in [0.15, 0.2) is 65.4 Å². The highest BCUT2D eigenvalue weighted by atomic mass is 19.1. The van der Waals surface area contributed by atoms with Crippen LogP contribution >= 0.6 is 0 Å². The lowest BCUT2D eigenvalue weighted by atomic mass is 9.85. The van der Waals surface area contributed by atoms with E-state index in [1.165, 1.54) is 11.6 Å². The highest BCUT2D eigenvalue weighted by Gasteiger charge is 2.42. The first-order valence-electron chi connectivity index (χ1n) is 28.7. The van der Waals surface area contributed by atoms with E-state index in [1.807, 2.05) is 70.0 Å². The Morgan fingerprint density at radius 2 is 1.66 bits per heavy atom. The maximum absolute atomic E-state index is 17.1. The van der Waals surface area contributed by atoms with E-state index in [0.29, 0.717) is 149 Å². The molecule has 80 heavy (non-hydrogen) atoms. The van der Waals surface area contributed by atoms with Crippen molar-refractivity contribution in [3.05, 3.63) is 82.9 Å². The molecule has 7 heterocycles. The lowest BCUT2D eigenvalue weighted by Crippen LogP contribution is -2.57. The van der Waals surface area contributed by atoms with Gasteiger partial charge in [-0.25, -0.2) is 4.39 Å². The molecule has 5 aromatic rings. The smallest absolute Gasteiger partial charge is 0.319 e. The summed E-state index contributed by atoms with van der Waals surface area (Å²) in [5, 5.41) is 32.9. The minimum atomic E-state index is -0.822. The van der Waals surface area contributed by atoms with Crippen LogP contribution in [0, 0.1) is 11.2 Å². The second-order valence-electron chi connectivity index (χ2n) is 23.2. The molecule has 4 amide bonds. The van der Waals surface area contributed by atoms with Crippen LogP contribution in [0.4, 0.5) is 10.2 Å². The summed E-state index contributed by atoms with van der Waals surface area (Å²) in [4.78, 5) is 80.8. The van der Waals surface area contributed by atoms with Crippen molar-refractivity contribution in [2.75, 3.05) is 63.9 Å². The number of phenols is 2. The zero-order valence-electron chi connectivity index (χ0n) is 46.8. The Kier molecular flexibility index (Phi) is 17.0. The molecule has 5 aliphatic heterocycles. The van der Waals surface area contributed by atoms with Crippen LogP contribution in [-0.2, 0) is 32.1 Å². The summed E-state index contributed by atoms with van der Waals surface area (Å²) < 4.78 is 23.3. The number of hydrogen-bond acceptors (Lipinski definition) is 14. The number of rotatable bonds is 19. The summed E-state index contributed by atoms with van der Waals surface area (Å²) >= 11 is 0. The number of amides is 4. The number of pyridine rings is 1. The normalized spacial score (nSPS) is 19.8. The monoisotopic (exact) mass is 1090 g/mol. The molecular formula is C61H76FN11O7. The van der Waals surface area contributed by atoms with Gasteiger partial charge in [0.25, 0.3) is 0 Å². The number of allylic oxidation sites excluding steroid dienone is 2. The lowest BCUT2D eigenvalue weighted by Gasteiger charge is -2.35. The molecule has 4 saturated heterocycles. The highest BCUT2D eigenvalue weighted by molar-refractivity contribution is 6.03. The number of aryl methyl sites for hydroxylation is 1. The van der Waals surface area contributed by atoms with Crippen LogP contribution in [0.5, 0.6) is 17.5 Å². The van der Waals surface area contributed by atoms with Crippen LogP contribution in [0.25, 0.3) is 38.5 Å². The van der Waals surface area contributed by atoms with Gasteiger partial charge in [-0.2, -0.15) is 9.97 Å². The molecular weight excluding hydrogens is 1020 g/mol. The van der Waals surface area contributed by atoms with Crippen molar-refractivity contribution in [2.24, 2.45) is 10.4 Å². The number of piperazine rings is 2. The van der Waals surface area contributed by atoms with E-state index in [1.54, 1.807) is 29.3 Å². The fourth-order valence-electron chi connectivity index (χ4n) is 12.2. The van der Waals surface area contributed by atoms with Gasteiger partial charge in [0, 0.05) is 119 Å². The van der Waals surface area contributed by atoms with Gasteiger partial charge in [-0.3, -0.25) is 34.1 Å². The van der Waals surface area contributed by atoms with Crippen LogP contribution in [-0.4, -0.2) is 153 Å². The number of anilines is 1. The number of unbranched alkanes of at least 4 members (excludes halogenated alkanes) is 1. The number of ether oxygens (including phenoxy) is 1. The topological polar surface area (TPSA) is 218 Å². The summed E-state index contributed by atoms with van der Waals surface area (Å²) in [5.74, 6) is -0.753. The molecule has 2 bridgehead atoms. The van der Waals surface area contributed by atoms with E-state index < -0.39 is 23.3 Å². The van der Waals surface area contributed by atoms with E-state index in [-0.39, 0.29) is 65.4 Å². The molecule has 10 rings (SSSR count). The number of halogens is 1. The van der Waals surface area contributed by atoms with E-state index >= 15 is 4.39 Å². The molecule has 0 radical (unpaired) electrons. The molecule has 18 nitrogen and oxygen atoms in total. The van der Waals surface area contributed by atoms with Gasteiger partial charge in [-0.15, -0.1) is 0 Å². The predicted octanol–water partition coefficient (Wildman–Crippen LogP) is 7.42. The number of phenolic OH excluding ortho intramolecular Hbond substituents is 2. The van der Waals surface area contributed by atoms with Gasteiger partial charge in [0.05, 0.1) is 12.0 Å². The quantitative estimate of drug-likeness (QED) is 0.0510. The predicted molar refractivity (Wildman–Crippen MR) is 307 cm³/mol. The Hall–Kier alpha value is -7.25. The number of benzene rings is 3. The van der Waals surface area contributed by atoms with Crippen molar-refractivity contribution in [1.82, 2.24) is 45.6 Å². The van der Waals surface area contributed by atoms with Crippen molar-refractivity contribution in [1.29, 1.82) is 0 Å². The average Bonchev–Trinajstić information content (AvgIpc) is 4.23. The second kappa shape index (κ2) is 24.2. The molecule has 0 aliphatic carbocycles. The molecule has 0 saturated carbocycles. The first-order valence-corrected chi connectivity index (χ1v) is 28.7. The molecule has 5 N–H and O–H groups in total. The van der Waals surface area contributed by atoms with Gasteiger partial charge in [0.15, 0.2) is 5.82 Å². The van der Waals surface area contributed by atoms with Crippen molar-refractivity contribution in [3.8, 4) is 28.8 Å². The summed E-state index contributed by atoms with van der Waals surface area (Å²) in [6.45, 7) is 15.4. The van der Waals surface area contributed by atoms with Crippen LogP contribution < -0.4 is 25.6 Å². The fourth-order valence-corrected chi connectivity index (χ4v) is 12.2. The molecule has 3 unspecified atom stereocenters. The molecule has 19 heteroatoms. The number of aliphatic imine (C=N–C) groups is 1. The fraction of sp³-hybridized carbons (Fsp3) is 0.508. The van der Waals surface area contributed by atoms with E-state index in [0.717, 1.165) is 36.1 Å². The first-order chi connectivity index (χ1) is 38.5. The highest BCUT2D eigenvalue weighted by Crippen LogP contribution is 2.41. The number of hydrogen-bond donors (Lipinski definition) is 5. The largest absolute Gasteiger partial charge is 0.508 e. The molecule has 4 atom stereocenters. The Morgan fingerprint density at radius 1 is 0.912 bits per heavy atom. The zero-order chi connectivity index (χ0) is 56.2. The number of carbonyl (C=O) groups is 4. The van der Waals surface area contributed by atoms with Crippen LogP contribution in [0.2, 0.25) is 0 Å². The van der Waals surface area contributed by atoms with E-state index in [4.69, 9.17) is 9.72 Å². The maximum Gasteiger partial charge on any atom is 0.319 e. The minimum Gasteiger partial charge on any atom is -0.508 e. The maximum atomic E-state index is 17.1. The summed E-state index contributed by atoms with van der Waals surface area (Å²) in [6, 6.07) is 13.7. The Labute approximate surface area is 467 Å². The number of fused-ring (bicyclic) bond motifs is 4. The van der Waals surface area contributed by atoms with Gasteiger partial charge in [-0.05, 0) is 109 Å². The molecule has 3 aromatic carbocycles. The van der Waals surface area contributed by atoms with E-state index in [9.17, 15) is 29.4 Å². The van der Waals surface area contributed by atoms with E-state index in [2.05, 4.69) is 40.7 Å². The van der Waals surface area contributed by atoms with Gasteiger partial charge in [0.1, 0.15) is 40.6 Å². The molecule has 2 aromatic heterocycles. The number of likely N-dealkylation sites (tertiary alicyclic amines) is 1. The number of nitrogens with zero attached hydrogens (tertiary/aromatic N) is 8. The lowest BCUT2D eigenvalue weighted by molar-refractivity contribution is -0.144. The Morgan fingerprint density at radius 3 is 2.38 bits per heavy atom. The van der Waals surface area contributed by atoms with Crippen molar-refractivity contribution >= 4 is 62.9 Å². The van der Waals surface area contributed by atoms with Gasteiger partial charge in [0.2, 0.25) is 23.6 Å². The first kappa shape index (κ1) is 56.0. The molecule has 4 fully saturated rings. The van der Waals surface area contributed by atoms with Gasteiger partial charge >= 0.3 is 6.01 Å². The number of carbonyl (C=O) groups excluding carboxylic acids is 4. The van der Waals surface area contributed by atoms with Crippen molar-refractivity contribution in [2.45, 2.75) is 136 Å². The Balaban J connectivity index is 0.680. The average molecular weight is 1090 g/mol. The third-order valence-corrected chi connectivity index (χ3v) is 16.6. The third kappa shape index (κ3) is 12.4. The third-order valence-electron chi connectivity index (χ3n) is 16.6. The van der Waals surface area contributed by atoms with Crippen molar-refractivity contribution < 1.29 is 38.5 Å². The summed E-state index contributed by atoms with van der Waals surface area (Å²) in [7, 11) is 0. The summed E-state index contributed by atoms with van der Waals surface area (Å²) in [5.41, 5.74) is 4.74. The van der Waals surface area contributed by atoms with Gasteiger partial charge < -0.3 is 45.6 Å². The van der Waals surface area contributed by atoms with Gasteiger partial charge in [-0.1, -0.05) is 58.0 Å². The number of nitrogens with one attached hydrogen (secondary N) is 3. The SMILES string of the molecule is CCc1c(O)ccc2cc(O)cc(-c3ncc4c(N5CC6CCC(C5)N6)nc(OCCCN5CCN(C(=O)CCCCC(=O)NC(C(=O)N6CCC[C@H]6C(=O)NCc6ccc(C7=C(C)N=CC7)cc6)C(C)(C)C)CC5)nc4c3F)c12. The number of aromatic hydroxyl groups is 2. The van der Waals surface area contributed by atoms with Crippen molar-refractivity contribution in [3.63, 3.8) is 0 Å². The zero-order valence-corrected chi connectivity index (χ0v) is 46.8. The van der Waals surface area contributed by atoms with Crippen LogP contribution in [0.3, 0.4) is 0 Å².